The lowest BCUT2D eigenvalue weighted by Crippen LogP contribution is -2.14. The number of phenolic OH excluding ortho intramolecular Hbond substituents is 1. The van der Waals surface area contributed by atoms with E-state index in [1.54, 1.807) is 12.1 Å². The fourth-order valence-electron chi connectivity index (χ4n) is 2.12. The molecule has 2 rings (SSSR count). The van der Waals surface area contributed by atoms with E-state index < -0.39 is 0 Å². The maximum Gasteiger partial charge on any atom is 0.259 e. The molecule has 0 unspecified atom stereocenters. The molecule has 0 aliphatic heterocycles. The number of halogens is 1. The highest BCUT2D eigenvalue weighted by atomic mass is 79.9. The van der Waals surface area contributed by atoms with Crippen molar-refractivity contribution in [2.45, 2.75) is 20.8 Å². The zero-order valence-electron chi connectivity index (χ0n) is 11.6. The minimum Gasteiger partial charge on any atom is -0.507 e. The number of phenols is 1. The number of aryl methyl sites for hydroxylation is 3. The van der Waals surface area contributed by atoms with Gasteiger partial charge in [0.2, 0.25) is 0 Å². The summed E-state index contributed by atoms with van der Waals surface area (Å²) in [4.78, 5) is 12.3. The molecule has 2 aromatic carbocycles. The summed E-state index contributed by atoms with van der Waals surface area (Å²) in [5.74, 6) is -0.319. The molecule has 0 fully saturated rings. The third kappa shape index (κ3) is 3.02. The second-order valence-electron chi connectivity index (χ2n) is 4.89. The monoisotopic (exact) mass is 333 g/mol. The maximum atomic E-state index is 12.3. The first-order valence-corrected chi connectivity index (χ1v) is 7.05. The van der Waals surface area contributed by atoms with Crippen LogP contribution in [0.4, 0.5) is 5.69 Å². The molecule has 0 saturated carbocycles. The first-order chi connectivity index (χ1) is 9.38. The summed E-state index contributed by atoms with van der Waals surface area (Å²) in [6.07, 6.45) is 0. The first-order valence-electron chi connectivity index (χ1n) is 6.26. The van der Waals surface area contributed by atoms with E-state index >= 15 is 0 Å². The van der Waals surface area contributed by atoms with Crippen molar-refractivity contribution in [2.75, 3.05) is 5.32 Å². The van der Waals surface area contributed by atoms with Crippen LogP contribution in [-0.4, -0.2) is 11.0 Å². The second kappa shape index (κ2) is 5.67. The Bertz CT molecular complexity index is 657. The molecule has 3 nitrogen and oxygen atoms in total. The zero-order chi connectivity index (χ0) is 14.9. The van der Waals surface area contributed by atoms with Gasteiger partial charge in [0.15, 0.2) is 0 Å². The van der Waals surface area contributed by atoms with Crippen LogP contribution in [0.15, 0.2) is 34.8 Å². The average Bonchev–Trinajstić information content (AvgIpc) is 2.36. The van der Waals surface area contributed by atoms with Gasteiger partial charge in [-0.2, -0.15) is 0 Å². The minimum absolute atomic E-state index is 0.0134. The van der Waals surface area contributed by atoms with Crippen molar-refractivity contribution in [2.24, 2.45) is 0 Å². The van der Waals surface area contributed by atoms with Crippen LogP contribution < -0.4 is 5.32 Å². The van der Waals surface area contributed by atoms with Gasteiger partial charge in [-0.1, -0.05) is 27.6 Å². The lowest BCUT2D eigenvalue weighted by molar-refractivity contribution is 0.102. The van der Waals surface area contributed by atoms with E-state index in [4.69, 9.17) is 0 Å². The topological polar surface area (TPSA) is 49.3 Å². The number of hydrogen-bond donors (Lipinski definition) is 2. The normalized spacial score (nSPS) is 10.4. The summed E-state index contributed by atoms with van der Waals surface area (Å²) in [6, 6.07) is 8.86. The average molecular weight is 334 g/mol. The molecular weight excluding hydrogens is 318 g/mol. The van der Waals surface area contributed by atoms with Crippen LogP contribution in [0.2, 0.25) is 0 Å². The maximum absolute atomic E-state index is 12.3. The summed E-state index contributed by atoms with van der Waals surface area (Å²) >= 11 is 3.43. The molecule has 20 heavy (non-hydrogen) atoms. The zero-order valence-corrected chi connectivity index (χ0v) is 13.2. The third-order valence-corrected chi connectivity index (χ3v) is 3.59. The molecule has 0 atom stereocenters. The standard InChI is InChI=1S/C16H16BrNO2/c1-9-4-5-14(19)13(6-9)16(20)18-15-10(2)7-12(17)8-11(15)3/h4-8,19H,1-3H3,(H,18,20). The largest absolute Gasteiger partial charge is 0.507 e. The number of anilines is 1. The van der Waals surface area contributed by atoms with Crippen molar-refractivity contribution < 1.29 is 9.90 Å². The highest BCUT2D eigenvalue weighted by molar-refractivity contribution is 9.10. The molecule has 104 valence electrons. The van der Waals surface area contributed by atoms with Crippen LogP contribution in [-0.2, 0) is 0 Å². The Kier molecular flexibility index (Phi) is 4.14. The number of hydrogen-bond acceptors (Lipinski definition) is 2. The van der Waals surface area contributed by atoms with Gasteiger partial charge in [0, 0.05) is 10.2 Å². The lowest BCUT2D eigenvalue weighted by atomic mass is 10.1. The predicted molar refractivity (Wildman–Crippen MR) is 84.4 cm³/mol. The van der Waals surface area contributed by atoms with E-state index in [0.29, 0.717) is 0 Å². The van der Waals surface area contributed by atoms with Crippen LogP contribution in [0.3, 0.4) is 0 Å². The second-order valence-corrected chi connectivity index (χ2v) is 5.80. The minimum atomic E-state index is -0.306. The van der Waals surface area contributed by atoms with Gasteiger partial charge in [-0.15, -0.1) is 0 Å². The molecule has 0 aromatic heterocycles. The van der Waals surface area contributed by atoms with Gasteiger partial charge in [-0.05, 0) is 56.2 Å². The fourth-order valence-corrected chi connectivity index (χ4v) is 2.81. The number of nitrogens with one attached hydrogen (secondary N) is 1. The smallest absolute Gasteiger partial charge is 0.259 e. The Labute approximate surface area is 126 Å². The molecule has 1 amide bonds. The van der Waals surface area contributed by atoms with E-state index in [2.05, 4.69) is 21.2 Å². The summed E-state index contributed by atoms with van der Waals surface area (Å²) in [5.41, 5.74) is 3.93. The Balaban J connectivity index is 2.35. The van der Waals surface area contributed by atoms with Crippen molar-refractivity contribution in [3.05, 3.63) is 57.1 Å². The molecule has 0 aliphatic rings. The van der Waals surface area contributed by atoms with Crippen molar-refractivity contribution in [1.29, 1.82) is 0 Å². The third-order valence-electron chi connectivity index (χ3n) is 3.13. The number of carbonyl (C=O) groups is 1. The molecule has 4 heteroatoms. The predicted octanol–water partition coefficient (Wildman–Crippen LogP) is 4.33. The number of aromatic hydroxyl groups is 1. The van der Waals surface area contributed by atoms with Crippen molar-refractivity contribution in [3.63, 3.8) is 0 Å². The van der Waals surface area contributed by atoms with E-state index in [1.165, 1.54) is 6.07 Å². The molecule has 2 aromatic rings. The molecular formula is C16H16BrNO2. The van der Waals surface area contributed by atoms with Crippen LogP contribution >= 0.6 is 15.9 Å². The Morgan fingerprint density at radius 3 is 2.30 bits per heavy atom. The van der Waals surface area contributed by atoms with E-state index in [0.717, 1.165) is 26.9 Å². The van der Waals surface area contributed by atoms with Crippen molar-refractivity contribution in [3.8, 4) is 5.75 Å². The molecule has 0 saturated heterocycles. The summed E-state index contributed by atoms with van der Waals surface area (Å²) in [5, 5.41) is 12.7. The number of rotatable bonds is 2. The van der Waals surface area contributed by atoms with E-state index in [1.807, 2.05) is 32.9 Å². The molecule has 0 bridgehead atoms. The Morgan fingerprint density at radius 1 is 1.10 bits per heavy atom. The van der Waals surface area contributed by atoms with Gasteiger partial charge >= 0.3 is 0 Å². The lowest BCUT2D eigenvalue weighted by Gasteiger charge is -2.13. The summed E-state index contributed by atoms with van der Waals surface area (Å²) < 4.78 is 0.976. The van der Waals surface area contributed by atoms with Gasteiger partial charge in [0.25, 0.3) is 5.91 Å². The van der Waals surface area contributed by atoms with Crippen LogP contribution in [0, 0.1) is 20.8 Å². The number of amides is 1. The first kappa shape index (κ1) is 14.6. The quantitative estimate of drug-likeness (QED) is 0.859. The van der Waals surface area contributed by atoms with Crippen LogP contribution in [0.5, 0.6) is 5.75 Å². The molecule has 0 radical (unpaired) electrons. The van der Waals surface area contributed by atoms with Crippen LogP contribution in [0.1, 0.15) is 27.0 Å². The summed E-state index contributed by atoms with van der Waals surface area (Å²) in [6.45, 7) is 5.75. The number of carbonyl (C=O) groups excluding carboxylic acids is 1. The van der Waals surface area contributed by atoms with Crippen molar-refractivity contribution >= 4 is 27.5 Å². The van der Waals surface area contributed by atoms with Gasteiger partial charge in [0.05, 0.1) is 5.56 Å². The highest BCUT2D eigenvalue weighted by Gasteiger charge is 2.14. The summed E-state index contributed by atoms with van der Waals surface area (Å²) in [7, 11) is 0. The van der Waals surface area contributed by atoms with Gasteiger partial charge in [-0.3, -0.25) is 4.79 Å². The highest BCUT2D eigenvalue weighted by Crippen LogP contribution is 2.27. The molecule has 2 N–H and O–H groups in total. The Morgan fingerprint density at radius 2 is 1.70 bits per heavy atom. The van der Waals surface area contributed by atoms with Gasteiger partial charge in [0.1, 0.15) is 5.75 Å². The van der Waals surface area contributed by atoms with E-state index in [9.17, 15) is 9.90 Å². The molecule has 0 spiro atoms. The fraction of sp³-hybridized carbons (Fsp3) is 0.188. The SMILES string of the molecule is Cc1ccc(O)c(C(=O)Nc2c(C)cc(Br)cc2C)c1. The van der Waals surface area contributed by atoms with Crippen LogP contribution in [0.25, 0.3) is 0 Å². The van der Waals surface area contributed by atoms with Gasteiger partial charge in [-0.25, -0.2) is 0 Å². The Hall–Kier alpha value is -1.81. The molecule has 0 aliphatic carbocycles. The number of benzene rings is 2. The van der Waals surface area contributed by atoms with E-state index in [-0.39, 0.29) is 17.2 Å². The van der Waals surface area contributed by atoms with Crippen molar-refractivity contribution in [1.82, 2.24) is 0 Å². The van der Waals surface area contributed by atoms with Gasteiger partial charge < -0.3 is 10.4 Å². The molecule has 0 heterocycles.